The summed E-state index contributed by atoms with van der Waals surface area (Å²) >= 11 is 1.97. The van der Waals surface area contributed by atoms with Crippen molar-refractivity contribution >= 4 is 34.5 Å². The third-order valence-corrected chi connectivity index (χ3v) is 3.55. The Balaban J connectivity index is 2.22. The Hall–Kier alpha value is -0.370. The molecule has 0 aliphatic heterocycles. The molecule has 0 spiro atoms. The fourth-order valence-corrected chi connectivity index (χ4v) is 2.10. The highest BCUT2D eigenvalue weighted by molar-refractivity contribution is 14.1. The van der Waals surface area contributed by atoms with Crippen LogP contribution in [-0.4, -0.2) is 34.6 Å². The summed E-state index contributed by atoms with van der Waals surface area (Å²) in [5.74, 6) is -0.674. The van der Waals surface area contributed by atoms with Gasteiger partial charge in [0.15, 0.2) is 0 Å². The van der Waals surface area contributed by atoms with Crippen LogP contribution < -0.4 is 5.73 Å². The molecule has 18 heavy (non-hydrogen) atoms. The van der Waals surface area contributed by atoms with Gasteiger partial charge in [-0.2, -0.15) is 0 Å². The highest BCUT2D eigenvalue weighted by atomic mass is 127. The number of hydrogen-bond donors (Lipinski definition) is 1. The van der Waals surface area contributed by atoms with Crippen molar-refractivity contribution in [1.29, 1.82) is 0 Å². The maximum absolute atomic E-state index is 11.8. The summed E-state index contributed by atoms with van der Waals surface area (Å²) in [7, 11) is 0. The molecule has 1 saturated carbocycles. The van der Waals surface area contributed by atoms with E-state index in [0.29, 0.717) is 12.8 Å². The van der Waals surface area contributed by atoms with Crippen molar-refractivity contribution in [2.24, 2.45) is 5.73 Å². The molecule has 0 amide bonds. The first-order valence-corrected chi connectivity index (χ1v) is 7.47. The SMILES string of the molecule is CC(I)C(=O)OCCOC(=O)C1(N)CCCCC1. The Bertz CT molecular complexity index is 300. The average Bonchev–Trinajstić information content (AvgIpc) is 2.34. The molecule has 0 saturated heterocycles. The van der Waals surface area contributed by atoms with Crippen molar-refractivity contribution in [3.05, 3.63) is 0 Å². The van der Waals surface area contributed by atoms with Gasteiger partial charge in [-0.15, -0.1) is 0 Å². The summed E-state index contributed by atoms with van der Waals surface area (Å²) in [5.41, 5.74) is 5.17. The monoisotopic (exact) mass is 369 g/mol. The minimum absolute atomic E-state index is 0.0763. The first-order chi connectivity index (χ1) is 8.46. The van der Waals surface area contributed by atoms with Gasteiger partial charge in [-0.05, 0) is 19.8 Å². The van der Waals surface area contributed by atoms with E-state index >= 15 is 0 Å². The smallest absolute Gasteiger partial charge is 0.326 e. The summed E-state index contributed by atoms with van der Waals surface area (Å²) in [6, 6.07) is 0. The third-order valence-electron chi connectivity index (χ3n) is 3.04. The van der Waals surface area contributed by atoms with Crippen molar-refractivity contribution in [1.82, 2.24) is 0 Å². The van der Waals surface area contributed by atoms with E-state index in [9.17, 15) is 9.59 Å². The predicted octanol–water partition coefficient (Wildman–Crippen LogP) is 1.56. The zero-order valence-corrected chi connectivity index (χ0v) is 12.8. The molecular weight excluding hydrogens is 349 g/mol. The van der Waals surface area contributed by atoms with Crippen molar-refractivity contribution in [2.45, 2.75) is 48.5 Å². The Morgan fingerprint density at radius 2 is 1.78 bits per heavy atom. The normalized spacial score (nSPS) is 19.9. The zero-order chi connectivity index (χ0) is 13.6. The van der Waals surface area contributed by atoms with Gasteiger partial charge in [-0.25, -0.2) is 0 Å². The number of esters is 2. The van der Waals surface area contributed by atoms with Gasteiger partial charge in [0.05, 0.1) is 0 Å². The van der Waals surface area contributed by atoms with Crippen LogP contribution in [-0.2, 0) is 19.1 Å². The van der Waals surface area contributed by atoms with Crippen LogP contribution in [0.3, 0.4) is 0 Å². The van der Waals surface area contributed by atoms with Crippen LogP contribution in [0.1, 0.15) is 39.0 Å². The molecule has 0 aromatic rings. The predicted molar refractivity (Wildman–Crippen MR) is 75.4 cm³/mol. The highest BCUT2D eigenvalue weighted by Gasteiger charge is 2.36. The van der Waals surface area contributed by atoms with Gasteiger partial charge < -0.3 is 15.2 Å². The van der Waals surface area contributed by atoms with E-state index in [0.717, 1.165) is 19.3 Å². The summed E-state index contributed by atoms with van der Waals surface area (Å²) in [5, 5.41) is 0. The largest absolute Gasteiger partial charge is 0.461 e. The first kappa shape index (κ1) is 15.7. The van der Waals surface area contributed by atoms with Crippen molar-refractivity contribution < 1.29 is 19.1 Å². The zero-order valence-electron chi connectivity index (χ0n) is 10.6. The molecule has 0 aromatic heterocycles. The number of ether oxygens (including phenoxy) is 2. The molecule has 1 rings (SSSR count). The molecule has 0 heterocycles. The van der Waals surface area contributed by atoms with E-state index in [1.807, 2.05) is 22.6 Å². The van der Waals surface area contributed by atoms with Crippen LogP contribution in [0.25, 0.3) is 0 Å². The Morgan fingerprint density at radius 3 is 2.33 bits per heavy atom. The van der Waals surface area contributed by atoms with E-state index in [4.69, 9.17) is 15.2 Å². The molecule has 6 heteroatoms. The summed E-state index contributed by atoms with van der Waals surface area (Å²) in [4.78, 5) is 23.0. The number of halogens is 1. The van der Waals surface area contributed by atoms with Gasteiger partial charge in [0, 0.05) is 0 Å². The Kier molecular flexibility index (Phi) is 6.34. The van der Waals surface area contributed by atoms with E-state index < -0.39 is 5.54 Å². The van der Waals surface area contributed by atoms with E-state index in [1.165, 1.54) is 0 Å². The van der Waals surface area contributed by atoms with Gasteiger partial charge in [-0.3, -0.25) is 9.59 Å². The molecule has 1 unspecified atom stereocenters. The lowest BCUT2D eigenvalue weighted by atomic mass is 9.83. The van der Waals surface area contributed by atoms with Gasteiger partial charge in [-0.1, -0.05) is 41.9 Å². The number of hydrogen-bond acceptors (Lipinski definition) is 5. The van der Waals surface area contributed by atoms with Crippen LogP contribution in [0.4, 0.5) is 0 Å². The number of alkyl halides is 1. The first-order valence-electron chi connectivity index (χ1n) is 6.22. The number of nitrogens with two attached hydrogens (primary N) is 1. The average molecular weight is 369 g/mol. The maximum Gasteiger partial charge on any atom is 0.326 e. The van der Waals surface area contributed by atoms with Gasteiger partial charge in [0.1, 0.15) is 22.7 Å². The third kappa shape index (κ3) is 4.72. The molecule has 5 nitrogen and oxygen atoms in total. The molecule has 1 fully saturated rings. The fourth-order valence-electron chi connectivity index (χ4n) is 1.92. The second-order valence-corrected chi connectivity index (χ2v) is 6.50. The molecule has 1 atom stereocenters. The number of rotatable bonds is 5. The number of carbonyl (C=O) groups is 2. The lowest BCUT2D eigenvalue weighted by Crippen LogP contribution is -2.50. The molecular formula is C12H20INO4. The standard InChI is InChI=1S/C12H20INO4/c1-9(13)10(15)17-7-8-18-11(16)12(14)5-3-2-4-6-12/h9H,2-8,14H2,1H3. The summed E-state index contributed by atoms with van der Waals surface area (Å²) in [6.07, 6.45) is 4.41. The lowest BCUT2D eigenvalue weighted by molar-refractivity contribution is -0.156. The summed E-state index contributed by atoms with van der Waals surface area (Å²) < 4.78 is 9.78. The maximum atomic E-state index is 11.8. The van der Waals surface area contributed by atoms with Crippen LogP contribution >= 0.6 is 22.6 Å². The highest BCUT2D eigenvalue weighted by Crippen LogP contribution is 2.26. The topological polar surface area (TPSA) is 78.6 Å². The molecule has 0 bridgehead atoms. The molecule has 104 valence electrons. The Labute approximate surface area is 121 Å². The van der Waals surface area contributed by atoms with Gasteiger partial charge in [0.2, 0.25) is 0 Å². The second-order valence-electron chi connectivity index (χ2n) is 4.64. The van der Waals surface area contributed by atoms with E-state index in [-0.39, 0.29) is 29.1 Å². The van der Waals surface area contributed by atoms with Crippen molar-refractivity contribution in [3.8, 4) is 0 Å². The quantitative estimate of drug-likeness (QED) is 0.344. The lowest BCUT2D eigenvalue weighted by Gasteiger charge is -2.30. The molecule has 0 radical (unpaired) electrons. The fraction of sp³-hybridized carbons (Fsp3) is 0.833. The van der Waals surface area contributed by atoms with Crippen LogP contribution in [0.2, 0.25) is 0 Å². The van der Waals surface area contributed by atoms with Crippen LogP contribution in [0, 0.1) is 0 Å². The van der Waals surface area contributed by atoms with Crippen molar-refractivity contribution in [3.63, 3.8) is 0 Å². The van der Waals surface area contributed by atoms with Gasteiger partial charge >= 0.3 is 11.9 Å². The summed E-state index contributed by atoms with van der Waals surface area (Å²) in [6.45, 7) is 1.91. The molecule has 1 aliphatic carbocycles. The van der Waals surface area contributed by atoms with Gasteiger partial charge in [0.25, 0.3) is 0 Å². The minimum Gasteiger partial charge on any atom is -0.461 e. The second kappa shape index (κ2) is 7.28. The van der Waals surface area contributed by atoms with Crippen molar-refractivity contribution in [2.75, 3.05) is 13.2 Å². The van der Waals surface area contributed by atoms with Crippen LogP contribution in [0.5, 0.6) is 0 Å². The minimum atomic E-state index is -0.835. The van der Waals surface area contributed by atoms with E-state index in [2.05, 4.69) is 0 Å². The van der Waals surface area contributed by atoms with E-state index in [1.54, 1.807) is 6.92 Å². The van der Waals surface area contributed by atoms with Crippen LogP contribution in [0.15, 0.2) is 0 Å². The molecule has 1 aliphatic rings. The molecule has 0 aromatic carbocycles. The molecule has 2 N–H and O–H groups in total. The number of carbonyl (C=O) groups excluding carboxylic acids is 2. The Morgan fingerprint density at radius 1 is 1.22 bits per heavy atom.